The molecule has 3 aromatic rings. The molecule has 0 bridgehead atoms. The van der Waals surface area contributed by atoms with E-state index in [2.05, 4.69) is 27.0 Å². The van der Waals surface area contributed by atoms with Crippen LogP contribution in [0.5, 0.6) is 5.75 Å². The van der Waals surface area contributed by atoms with Gasteiger partial charge in [0.25, 0.3) is 0 Å². The number of benzene rings is 1. The van der Waals surface area contributed by atoms with Crippen LogP contribution < -0.4 is 10.3 Å². The van der Waals surface area contributed by atoms with Crippen LogP contribution in [-0.4, -0.2) is 32.2 Å². The van der Waals surface area contributed by atoms with Gasteiger partial charge in [-0.3, -0.25) is 14.7 Å². The van der Waals surface area contributed by atoms with Crippen LogP contribution in [0.2, 0.25) is 0 Å². The first-order valence-electron chi connectivity index (χ1n) is 10.5. The van der Waals surface area contributed by atoms with Crippen molar-refractivity contribution in [3.05, 3.63) is 89.7 Å². The van der Waals surface area contributed by atoms with Crippen molar-refractivity contribution in [3.63, 3.8) is 0 Å². The fourth-order valence-corrected chi connectivity index (χ4v) is 3.11. The molecule has 1 aromatic carbocycles. The molecule has 0 saturated carbocycles. The molecule has 2 heterocycles. The summed E-state index contributed by atoms with van der Waals surface area (Å²) in [6.45, 7) is 5.28. The van der Waals surface area contributed by atoms with Gasteiger partial charge in [0.2, 0.25) is 5.91 Å². The lowest BCUT2D eigenvalue weighted by atomic mass is 10.2. The molecule has 12 heteroatoms. The highest BCUT2D eigenvalue weighted by Gasteiger charge is 2.17. The van der Waals surface area contributed by atoms with Crippen molar-refractivity contribution >= 4 is 23.3 Å². The van der Waals surface area contributed by atoms with E-state index in [-0.39, 0.29) is 47.7 Å². The number of nitrogens with zero attached hydrogens (tertiary/aromatic N) is 3. The summed E-state index contributed by atoms with van der Waals surface area (Å²) < 4.78 is 40.3. The number of nitrogens with one attached hydrogen (secondary N) is 1. The van der Waals surface area contributed by atoms with Crippen LogP contribution in [0.1, 0.15) is 41.4 Å². The number of carboxylic acid groups (broad SMARTS) is 1. The number of carbonyl (C=O) groups is 2. The second-order valence-electron chi connectivity index (χ2n) is 7.65. The molecule has 2 N–H and O–H groups in total. The highest BCUT2D eigenvalue weighted by atomic mass is 19.3. The average molecular weight is 502 g/mol. The van der Waals surface area contributed by atoms with Crippen molar-refractivity contribution in [1.82, 2.24) is 9.55 Å². The Morgan fingerprint density at radius 1 is 1.17 bits per heavy atom. The molecule has 2 aromatic heterocycles. The minimum atomic E-state index is -1.29. The first-order valence-corrected chi connectivity index (χ1v) is 10.5. The van der Waals surface area contributed by atoms with Gasteiger partial charge >= 0.3 is 5.97 Å². The van der Waals surface area contributed by atoms with Crippen molar-refractivity contribution in [3.8, 4) is 5.75 Å². The number of oxime groups is 1. The zero-order valence-electron chi connectivity index (χ0n) is 19.0. The van der Waals surface area contributed by atoms with Gasteiger partial charge in [-0.15, -0.1) is 0 Å². The smallest absolute Gasteiger partial charge is 0.339 e. The Morgan fingerprint density at radius 2 is 1.89 bits per heavy atom. The lowest BCUT2D eigenvalue weighted by Crippen LogP contribution is -2.13. The Kier molecular flexibility index (Phi) is 8.44. The third kappa shape index (κ3) is 7.19. The SMILES string of the molecule is C=C(CCC(=O)Nc1cn(Cc2cc(F)cc(F)c2)cc1C(=O)O)O/N=C(\C)c1ccc(OF)cn1. The van der Waals surface area contributed by atoms with E-state index in [0.29, 0.717) is 11.4 Å². The van der Waals surface area contributed by atoms with Gasteiger partial charge in [-0.05, 0) is 36.8 Å². The molecule has 0 saturated heterocycles. The third-order valence-corrected chi connectivity index (χ3v) is 4.81. The Morgan fingerprint density at radius 3 is 2.50 bits per heavy atom. The molecule has 1 amide bonds. The molecule has 0 aliphatic carbocycles. The second kappa shape index (κ2) is 11.7. The van der Waals surface area contributed by atoms with Gasteiger partial charge in [0.1, 0.15) is 28.7 Å². The van der Waals surface area contributed by atoms with Crippen LogP contribution in [0.4, 0.5) is 19.0 Å². The highest BCUT2D eigenvalue weighted by molar-refractivity contribution is 6.00. The molecule has 0 radical (unpaired) electrons. The molecule has 3 rings (SSSR count). The predicted octanol–water partition coefficient (Wildman–Crippen LogP) is 4.84. The molecular formula is C24H21F3N4O5. The van der Waals surface area contributed by atoms with Crippen molar-refractivity contribution in [1.29, 1.82) is 0 Å². The fourth-order valence-electron chi connectivity index (χ4n) is 3.11. The van der Waals surface area contributed by atoms with E-state index in [1.165, 1.54) is 35.3 Å². The average Bonchev–Trinajstić information content (AvgIpc) is 3.22. The summed E-state index contributed by atoms with van der Waals surface area (Å²) in [5.74, 6) is -3.21. The number of carbonyl (C=O) groups excluding carboxylic acids is 1. The number of rotatable bonds is 11. The van der Waals surface area contributed by atoms with Crippen molar-refractivity contribution in [2.45, 2.75) is 26.3 Å². The Bertz CT molecular complexity index is 1290. The van der Waals surface area contributed by atoms with Crippen molar-refractivity contribution in [2.24, 2.45) is 5.16 Å². The molecule has 9 nitrogen and oxygen atoms in total. The Labute approximate surface area is 203 Å². The summed E-state index contributed by atoms with van der Waals surface area (Å²) in [6.07, 6.45) is 3.77. The minimum absolute atomic E-state index is 0.00871. The summed E-state index contributed by atoms with van der Waals surface area (Å²) in [7, 11) is 0. The molecule has 0 aliphatic rings. The van der Waals surface area contributed by atoms with E-state index in [9.17, 15) is 28.0 Å². The van der Waals surface area contributed by atoms with Gasteiger partial charge in [0.05, 0.1) is 17.6 Å². The summed E-state index contributed by atoms with van der Waals surface area (Å²) >= 11 is 0. The maximum atomic E-state index is 13.4. The first kappa shape index (κ1) is 26.0. The molecule has 0 unspecified atom stereocenters. The summed E-state index contributed by atoms with van der Waals surface area (Å²) in [5, 5.41) is 15.8. The van der Waals surface area contributed by atoms with E-state index in [0.717, 1.165) is 18.2 Å². The summed E-state index contributed by atoms with van der Waals surface area (Å²) in [4.78, 5) is 36.6. The Hall–Kier alpha value is -4.61. The largest absolute Gasteiger partial charge is 0.478 e. The molecule has 0 atom stereocenters. The Balaban J connectivity index is 1.56. The number of hydrogen-bond acceptors (Lipinski definition) is 6. The normalized spacial score (nSPS) is 11.2. The van der Waals surface area contributed by atoms with Gasteiger partial charge in [0, 0.05) is 42.4 Å². The van der Waals surface area contributed by atoms with Gasteiger partial charge in [-0.25, -0.2) is 13.6 Å². The van der Waals surface area contributed by atoms with Gasteiger partial charge in [-0.2, -0.15) is 0 Å². The number of aromatic nitrogens is 2. The number of aromatic carboxylic acids is 1. The lowest BCUT2D eigenvalue weighted by molar-refractivity contribution is -0.116. The third-order valence-electron chi connectivity index (χ3n) is 4.81. The fraction of sp³-hybridized carbons (Fsp3) is 0.167. The predicted molar refractivity (Wildman–Crippen MR) is 123 cm³/mol. The van der Waals surface area contributed by atoms with Crippen molar-refractivity contribution < 1.29 is 37.8 Å². The lowest BCUT2D eigenvalue weighted by Gasteiger charge is -2.06. The number of anilines is 1. The second-order valence-corrected chi connectivity index (χ2v) is 7.65. The van der Waals surface area contributed by atoms with Crippen molar-refractivity contribution in [2.75, 3.05) is 5.32 Å². The molecule has 0 aliphatic heterocycles. The monoisotopic (exact) mass is 502 g/mol. The van der Waals surface area contributed by atoms with Crippen LogP contribution >= 0.6 is 0 Å². The van der Waals surface area contributed by atoms with E-state index in [4.69, 9.17) is 4.84 Å². The topological polar surface area (TPSA) is 115 Å². The quantitative estimate of drug-likeness (QED) is 0.220. The molecule has 188 valence electrons. The molecular weight excluding hydrogens is 481 g/mol. The van der Waals surface area contributed by atoms with Crippen LogP contribution in [-0.2, 0) is 16.2 Å². The maximum absolute atomic E-state index is 13.4. The minimum Gasteiger partial charge on any atom is -0.478 e. The maximum Gasteiger partial charge on any atom is 0.339 e. The van der Waals surface area contributed by atoms with E-state index >= 15 is 0 Å². The van der Waals surface area contributed by atoms with Crippen LogP contribution in [0, 0.1) is 11.6 Å². The van der Waals surface area contributed by atoms with E-state index in [1.54, 1.807) is 6.92 Å². The number of halogens is 3. The number of hydrogen-bond donors (Lipinski definition) is 2. The summed E-state index contributed by atoms with van der Waals surface area (Å²) in [5.41, 5.74) is 0.900. The standard InChI is InChI=1S/C24H21F3N4O5/c1-14(36-30-15(2)21-5-4-19(35-27)10-28-21)3-6-23(32)29-22-13-31(12-20(22)24(33)34)11-16-7-17(25)9-18(26)8-16/h4-5,7-10,12-13H,1,3,6,11H2,2H3,(H,29,32)(H,33,34)/b30-15+. The summed E-state index contributed by atoms with van der Waals surface area (Å²) in [6, 6.07) is 5.82. The van der Waals surface area contributed by atoms with E-state index in [1.807, 2.05) is 0 Å². The van der Waals surface area contributed by atoms with Crippen LogP contribution in [0.25, 0.3) is 0 Å². The number of pyridine rings is 1. The zero-order valence-corrected chi connectivity index (χ0v) is 19.0. The molecule has 0 fully saturated rings. The van der Waals surface area contributed by atoms with E-state index < -0.39 is 23.5 Å². The molecule has 36 heavy (non-hydrogen) atoms. The highest BCUT2D eigenvalue weighted by Crippen LogP contribution is 2.20. The number of carboxylic acids is 1. The van der Waals surface area contributed by atoms with Gasteiger partial charge in [0.15, 0.2) is 5.75 Å². The van der Waals surface area contributed by atoms with Gasteiger partial charge in [-0.1, -0.05) is 11.7 Å². The van der Waals surface area contributed by atoms with Crippen LogP contribution in [0.15, 0.2) is 66.4 Å². The molecule has 0 spiro atoms. The van der Waals surface area contributed by atoms with Crippen LogP contribution in [0.3, 0.4) is 0 Å². The number of allylic oxidation sites excluding steroid dienone is 1. The zero-order chi connectivity index (χ0) is 26.2. The number of amides is 1. The first-order chi connectivity index (χ1) is 17.1. The van der Waals surface area contributed by atoms with Gasteiger partial charge < -0.3 is 19.8 Å².